The van der Waals surface area contributed by atoms with Crippen LogP contribution in [0.1, 0.15) is 44.9 Å². The third-order valence-corrected chi connectivity index (χ3v) is 3.31. The molecule has 0 aromatic heterocycles. The van der Waals surface area contributed by atoms with Gasteiger partial charge in [0.2, 0.25) is 0 Å². The van der Waals surface area contributed by atoms with E-state index in [1.54, 1.807) is 0 Å². The lowest BCUT2D eigenvalue weighted by atomic mass is 9.83. The molecule has 1 aliphatic carbocycles. The molecular weight excluding hydrogens is 152 g/mol. The summed E-state index contributed by atoms with van der Waals surface area (Å²) in [5.41, 5.74) is 0.186. The second-order valence-corrected chi connectivity index (χ2v) is 4.20. The maximum absolute atomic E-state index is 8.96. The van der Waals surface area contributed by atoms with E-state index in [-0.39, 0.29) is 18.3 Å². The molecule has 0 amide bonds. The molecule has 0 aromatic rings. The molecule has 1 atom stereocenters. The van der Waals surface area contributed by atoms with Crippen LogP contribution in [0.3, 0.4) is 0 Å². The minimum atomic E-state index is 0.142. The number of hydrogen-bond acceptors (Lipinski definition) is 2. The molecule has 0 bridgehead atoms. The van der Waals surface area contributed by atoms with Gasteiger partial charge in [-0.15, -0.1) is 0 Å². The standard InChI is InChI=1S/C10H18O2/c11-8-9-4-7-10(12-9)5-2-1-3-6-10/h9,11H,1-8H2/t9-/m1/s1. The van der Waals surface area contributed by atoms with E-state index in [1.165, 1.54) is 38.5 Å². The Morgan fingerprint density at radius 2 is 1.92 bits per heavy atom. The highest BCUT2D eigenvalue weighted by Gasteiger charge is 2.40. The van der Waals surface area contributed by atoms with Crippen LogP contribution in [0.4, 0.5) is 0 Å². The highest BCUT2D eigenvalue weighted by Crippen LogP contribution is 2.41. The highest BCUT2D eigenvalue weighted by atomic mass is 16.5. The fourth-order valence-corrected chi connectivity index (χ4v) is 2.59. The van der Waals surface area contributed by atoms with Crippen LogP contribution in [0.2, 0.25) is 0 Å². The van der Waals surface area contributed by atoms with E-state index in [2.05, 4.69) is 0 Å². The topological polar surface area (TPSA) is 29.5 Å². The number of hydrogen-bond donors (Lipinski definition) is 1. The number of aliphatic hydroxyl groups is 1. The molecule has 0 aromatic carbocycles. The molecule has 12 heavy (non-hydrogen) atoms. The normalized spacial score (nSPS) is 34.2. The zero-order valence-electron chi connectivity index (χ0n) is 7.59. The summed E-state index contributed by atoms with van der Waals surface area (Å²) in [5, 5.41) is 8.96. The smallest absolute Gasteiger partial charge is 0.0814 e. The van der Waals surface area contributed by atoms with Gasteiger partial charge in [-0.3, -0.25) is 0 Å². The largest absolute Gasteiger partial charge is 0.394 e. The third kappa shape index (κ3) is 1.50. The molecule has 1 heterocycles. The minimum Gasteiger partial charge on any atom is -0.394 e. The SMILES string of the molecule is OC[C@H]1CCC2(CCCCC2)O1. The van der Waals surface area contributed by atoms with Crippen molar-refractivity contribution in [3.8, 4) is 0 Å². The fourth-order valence-electron chi connectivity index (χ4n) is 2.59. The van der Waals surface area contributed by atoms with Gasteiger partial charge in [0.15, 0.2) is 0 Å². The predicted octanol–water partition coefficient (Wildman–Crippen LogP) is 1.86. The van der Waals surface area contributed by atoms with Crippen LogP contribution in [0.15, 0.2) is 0 Å². The van der Waals surface area contributed by atoms with Crippen LogP contribution in [0.5, 0.6) is 0 Å². The molecule has 2 nitrogen and oxygen atoms in total. The first kappa shape index (κ1) is 8.52. The maximum atomic E-state index is 8.96. The van der Waals surface area contributed by atoms with Crippen LogP contribution in [-0.2, 0) is 4.74 Å². The Labute approximate surface area is 73.9 Å². The lowest BCUT2D eigenvalue weighted by Crippen LogP contribution is -2.32. The Bertz CT molecular complexity index is 150. The van der Waals surface area contributed by atoms with Crippen molar-refractivity contribution in [3.05, 3.63) is 0 Å². The summed E-state index contributed by atoms with van der Waals surface area (Å²) in [6.45, 7) is 0.210. The van der Waals surface area contributed by atoms with E-state index in [9.17, 15) is 0 Å². The Hall–Kier alpha value is -0.0800. The molecule has 0 unspecified atom stereocenters. The number of ether oxygens (including phenoxy) is 1. The Kier molecular flexibility index (Phi) is 2.37. The fraction of sp³-hybridized carbons (Fsp3) is 1.00. The van der Waals surface area contributed by atoms with Gasteiger partial charge >= 0.3 is 0 Å². The van der Waals surface area contributed by atoms with Gasteiger partial charge in [0.05, 0.1) is 18.3 Å². The van der Waals surface area contributed by atoms with Crippen LogP contribution in [0.25, 0.3) is 0 Å². The van der Waals surface area contributed by atoms with Gasteiger partial charge in [-0.2, -0.15) is 0 Å². The zero-order valence-corrected chi connectivity index (χ0v) is 7.59. The van der Waals surface area contributed by atoms with Gasteiger partial charge < -0.3 is 9.84 Å². The molecule has 1 spiro atoms. The average Bonchev–Trinajstić information content (AvgIpc) is 2.50. The van der Waals surface area contributed by atoms with Crippen molar-refractivity contribution in [1.82, 2.24) is 0 Å². The van der Waals surface area contributed by atoms with Gasteiger partial charge in [0, 0.05) is 0 Å². The molecule has 1 N–H and O–H groups in total. The van der Waals surface area contributed by atoms with Crippen molar-refractivity contribution in [2.75, 3.05) is 6.61 Å². The van der Waals surface area contributed by atoms with E-state index in [0.717, 1.165) is 6.42 Å². The van der Waals surface area contributed by atoms with Crippen LogP contribution in [-0.4, -0.2) is 23.4 Å². The van der Waals surface area contributed by atoms with Crippen molar-refractivity contribution in [1.29, 1.82) is 0 Å². The third-order valence-electron chi connectivity index (χ3n) is 3.31. The van der Waals surface area contributed by atoms with E-state index < -0.39 is 0 Å². The molecule has 1 aliphatic heterocycles. The van der Waals surface area contributed by atoms with Crippen molar-refractivity contribution < 1.29 is 9.84 Å². The predicted molar refractivity (Wildman–Crippen MR) is 47.0 cm³/mol. The van der Waals surface area contributed by atoms with Crippen LogP contribution >= 0.6 is 0 Å². The molecule has 0 radical (unpaired) electrons. The van der Waals surface area contributed by atoms with Gasteiger partial charge in [-0.1, -0.05) is 19.3 Å². The lowest BCUT2D eigenvalue weighted by Gasteiger charge is -2.33. The van der Waals surface area contributed by atoms with Crippen LogP contribution < -0.4 is 0 Å². The zero-order chi connectivity index (χ0) is 8.44. The number of rotatable bonds is 1. The summed E-state index contributed by atoms with van der Waals surface area (Å²) in [5.74, 6) is 0. The van der Waals surface area contributed by atoms with Crippen molar-refractivity contribution in [2.24, 2.45) is 0 Å². The Balaban J connectivity index is 1.94. The molecule has 70 valence electrons. The Morgan fingerprint density at radius 1 is 1.17 bits per heavy atom. The second kappa shape index (κ2) is 3.35. The number of aliphatic hydroxyl groups excluding tert-OH is 1. The van der Waals surface area contributed by atoms with Gasteiger partial charge in [-0.05, 0) is 25.7 Å². The first-order valence-electron chi connectivity index (χ1n) is 5.13. The summed E-state index contributed by atoms with van der Waals surface area (Å²) >= 11 is 0. The summed E-state index contributed by atoms with van der Waals surface area (Å²) in [4.78, 5) is 0. The lowest BCUT2D eigenvalue weighted by molar-refractivity contribution is -0.0778. The van der Waals surface area contributed by atoms with Gasteiger partial charge in [-0.25, -0.2) is 0 Å². The van der Waals surface area contributed by atoms with E-state index in [4.69, 9.17) is 9.84 Å². The minimum absolute atomic E-state index is 0.142. The van der Waals surface area contributed by atoms with E-state index in [0.29, 0.717) is 0 Å². The maximum Gasteiger partial charge on any atom is 0.0814 e. The van der Waals surface area contributed by atoms with Crippen LogP contribution in [0, 0.1) is 0 Å². The molecule has 1 saturated heterocycles. The molecule has 2 aliphatic rings. The first-order valence-corrected chi connectivity index (χ1v) is 5.13. The molecule has 1 saturated carbocycles. The summed E-state index contributed by atoms with van der Waals surface area (Å²) in [7, 11) is 0. The van der Waals surface area contributed by atoms with Gasteiger partial charge in [0.1, 0.15) is 0 Å². The van der Waals surface area contributed by atoms with E-state index in [1.807, 2.05) is 0 Å². The molecular formula is C10H18O2. The molecule has 2 fully saturated rings. The average molecular weight is 170 g/mol. The first-order chi connectivity index (χ1) is 5.85. The monoisotopic (exact) mass is 170 g/mol. The summed E-state index contributed by atoms with van der Waals surface area (Å²) in [6.07, 6.45) is 8.84. The summed E-state index contributed by atoms with van der Waals surface area (Å²) < 4.78 is 5.89. The van der Waals surface area contributed by atoms with Gasteiger partial charge in [0.25, 0.3) is 0 Å². The van der Waals surface area contributed by atoms with Crippen molar-refractivity contribution in [2.45, 2.75) is 56.7 Å². The Morgan fingerprint density at radius 3 is 2.50 bits per heavy atom. The molecule has 2 heteroatoms. The van der Waals surface area contributed by atoms with E-state index >= 15 is 0 Å². The summed E-state index contributed by atoms with van der Waals surface area (Å²) in [6, 6.07) is 0. The highest BCUT2D eigenvalue weighted by molar-refractivity contribution is 4.90. The van der Waals surface area contributed by atoms with Crippen molar-refractivity contribution in [3.63, 3.8) is 0 Å². The van der Waals surface area contributed by atoms with Crippen molar-refractivity contribution >= 4 is 0 Å². The second-order valence-electron chi connectivity index (χ2n) is 4.20. The molecule has 2 rings (SSSR count). The quantitative estimate of drug-likeness (QED) is 0.651.